The molecule has 0 radical (unpaired) electrons. The van der Waals surface area contributed by atoms with E-state index in [1.165, 1.54) is 23.0 Å². The first kappa shape index (κ1) is 25.2. The van der Waals surface area contributed by atoms with E-state index in [2.05, 4.69) is 10.9 Å². The minimum absolute atomic E-state index is 0.107. The molecule has 0 unspecified atom stereocenters. The van der Waals surface area contributed by atoms with Crippen LogP contribution in [-0.2, 0) is 9.53 Å². The van der Waals surface area contributed by atoms with Crippen LogP contribution in [0.2, 0.25) is 0 Å². The van der Waals surface area contributed by atoms with Gasteiger partial charge in [-0.05, 0) is 55.3 Å². The number of carbonyl (C=O) groups is 1. The van der Waals surface area contributed by atoms with Crippen LogP contribution in [0.1, 0.15) is 31.0 Å². The standard InChI is InChI=1S/C28H24N2O7S/c1-5-11-35-19-9-7-17(12-21(19)33-4)13-23-26(31)30-25(18-8-10-20-22(14-18)37-15-36-20)24(27(32)34-6-2)16(3)29-28(30)38-23/h1,7-10,12-14,25H,6,11,15H2,2-4H3/b23-13-/t25-/m0/s1. The second kappa shape index (κ2) is 10.5. The highest BCUT2D eigenvalue weighted by Gasteiger charge is 2.34. The van der Waals surface area contributed by atoms with E-state index < -0.39 is 12.0 Å². The van der Waals surface area contributed by atoms with Crippen LogP contribution >= 0.6 is 11.3 Å². The number of methoxy groups -OCH3 is 1. The van der Waals surface area contributed by atoms with Crippen molar-refractivity contribution < 1.29 is 28.5 Å². The zero-order chi connectivity index (χ0) is 26.8. The van der Waals surface area contributed by atoms with Gasteiger partial charge in [0.15, 0.2) is 27.8 Å². The molecule has 3 heterocycles. The smallest absolute Gasteiger partial charge is 0.338 e. The molecule has 2 aliphatic rings. The van der Waals surface area contributed by atoms with Crippen LogP contribution in [0.15, 0.2) is 57.5 Å². The van der Waals surface area contributed by atoms with Gasteiger partial charge < -0.3 is 23.7 Å². The van der Waals surface area contributed by atoms with E-state index in [9.17, 15) is 9.59 Å². The van der Waals surface area contributed by atoms with E-state index in [0.29, 0.717) is 49.2 Å². The lowest BCUT2D eigenvalue weighted by atomic mass is 9.95. The van der Waals surface area contributed by atoms with Crippen molar-refractivity contribution in [2.75, 3.05) is 27.1 Å². The number of nitrogens with zero attached hydrogens (tertiary/aromatic N) is 2. The zero-order valence-electron chi connectivity index (χ0n) is 21.0. The third kappa shape index (κ3) is 4.53. The second-order valence-corrected chi connectivity index (χ2v) is 9.33. The van der Waals surface area contributed by atoms with Crippen LogP contribution in [0.3, 0.4) is 0 Å². The molecule has 0 amide bonds. The molecule has 0 aliphatic carbocycles. The molecule has 9 nitrogen and oxygen atoms in total. The van der Waals surface area contributed by atoms with Crippen molar-refractivity contribution in [1.29, 1.82) is 0 Å². The summed E-state index contributed by atoms with van der Waals surface area (Å²) in [6.45, 7) is 3.88. The summed E-state index contributed by atoms with van der Waals surface area (Å²) in [6.07, 6.45) is 7.03. The molecule has 0 saturated carbocycles. The van der Waals surface area contributed by atoms with Gasteiger partial charge in [0.2, 0.25) is 6.79 Å². The molecule has 5 rings (SSSR count). The topological polar surface area (TPSA) is 97.6 Å². The number of ether oxygens (including phenoxy) is 5. The van der Waals surface area contributed by atoms with E-state index in [0.717, 1.165) is 5.56 Å². The van der Waals surface area contributed by atoms with Gasteiger partial charge in [-0.15, -0.1) is 6.42 Å². The number of fused-ring (bicyclic) bond motifs is 2. The Morgan fingerprint density at radius 2 is 2.05 bits per heavy atom. The zero-order valence-corrected chi connectivity index (χ0v) is 21.8. The maximum absolute atomic E-state index is 13.8. The first-order valence-electron chi connectivity index (χ1n) is 11.8. The number of aromatic nitrogens is 1. The maximum atomic E-state index is 13.8. The number of carbonyl (C=O) groups excluding carboxylic acids is 1. The Morgan fingerprint density at radius 3 is 2.82 bits per heavy atom. The Hall–Kier alpha value is -4.49. The number of thiazole rings is 1. The molecule has 38 heavy (non-hydrogen) atoms. The van der Waals surface area contributed by atoms with Gasteiger partial charge in [0, 0.05) is 0 Å². The molecule has 0 bridgehead atoms. The average Bonchev–Trinajstić information content (AvgIpc) is 3.50. The average molecular weight is 533 g/mol. The maximum Gasteiger partial charge on any atom is 0.338 e. The van der Waals surface area contributed by atoms with E-state index >= 15 is 0 Å². The summed E-state index contributed by atoms with van der Waals surface area (Å²) in [5.41, 5.74) is 1.88. The van der Waals surface area contributed by atoms with Gasteiger partial charge in [0.1, 0.15) is 6.61 Å². The molecule has 0 spiro atoms. The molecule has 10 heteroatoms. The Balaban J connectivity index is 1.65. The molecule has 2 aliphatic heterocycles. The van der Waals surface area contributed by atoms with Gasteiger partial charge in [0.25, 0.3) is 5.56 Å². The van der Waals surface area contributed by atoms with Crippen LogP contribution in [0.4, 0.5) is 0 Å². The summed E-state index contributed by atoms with van der Waals surface area (Å²) in [5.74, 6) is 4.02. The Bertz CT molecular complexity index is 1680. The highest BCUT2D eigenvalue weighted by molar-refractivity contribution is 7.07. The van der Waals surface area contributed by atoms with E-state index in [-0.39, 0.29) is 25.6 Å². The first-order valence-corrected chi connectivity index (χ1v) is 12.6. The fourth-order valence-electron chi connectivity index (χ4n) is 4.35. The molecular formula is C28H24N2O7S. The van der Waals surface area contributed by atoms with E-state index in [1.807, 2.05) is 6.07 Å². The van der Waals surface area contributed by atoms with Gasteiger partial charge in [-0.2, -0.15) is 0 Å². The summed E-state index contributed by atoms with van der Waals surface area (Å²) in [4.78, 5) is 31.9. The van der Waals surface area contributed by atoms with Crippen LogP contribution in [0.5, 0.6) is 23.0 Å². The number of benzene rings is 2. The minimum Gasteiger partial charge on any atom is -0.493 e. The molecule has 0 fully saturated rings. The molecule has 194 valence electrons. The molecular weight excluding hydrogens is 508 g/mol. The SMILES string of the molecule is C#CCOc1ccc(/C=c2\sc3n(c2=O)[C@@H](c2ccc4c(c2)OCO4)C(C(=O)OCC)=C(C)N=3)cc1OC. The highest BCUT2D eigenvalue weighted by Crippen LogP contribution is 2.38. The third-order valence-corrected chi connectivity index (χ3v) is 7.01. The van der Waals surface area contributed by atoms with Crippen molar-refractivity contribution in [3.05, 3.63) is 78.5 Å². The quantitative estimate of drug-likeness (QED) is 0.341. The fourth-order valence-corrected chi connectivity index (χ4v) is 5.40. The number of hydrogen-bond donors (Lipinski definition) is 0. The van der Waals surface area contributed by atoms with Gasteiger partial charge >= 0.3 is 5.97 Å². The molecule has 1 atom stereocenters. The van der Waals surface area contributed by atoms with Crippen LogP contribution in [0.25, 0.3) is 6.08 Å². The van der Waals surface area contributed by atoms with E-state index in [4.69, 9.17) is 30.1 Å². The van der Waals surface area contributed by atoms with Crippen LogP contribution in [-0.4, -0.2) is 37.7 Å². The summed E-state index contributed by atoms with van der Waals surface area (Å²) >= 11 is 1.23. The van der Waals surface area contributed by atoms with Gasteiger partial charge in [-0.3, -0.25) is 9.36 Å². The summed E-state index contributed by atoms with van der Waals surface area (Å²) in [5, 5.41) is 0. The number of hydrogen-bond acceptors (Lipinski definition) is 9. The van der Waals surface area contributed by atoms with Gasteiger partial charge in [-0.1, -0.05) is 29.4 Å². The number of terminal acetylenes is 1. The molecule has 0 saturated heterocycles. The summed E-state index contributed by atoms with van der Waals surface area (Å²) in [6, 6.07) is 9.90. The molecule has 1 aromatic heterocycles. The summed E-state index contributed by atoms with van der Waals surface area (Å²) < 4.78 is 29.2. The lowest BCUT2D eigenvalue weighted by molar-refractivity contribution is -0.139. The minimum atomic E-state index is -0.754. The fraction of sp³-hybridized carbons (Fsp3) is 0.250. The number of rotatable bonds is 7. The van der Waals surface area contributed by atoms with Crippen molar-refractivity contribution in [1.82, 2.24) is 4.57 Å². The van der Waals surface area contributed by atoms with Crippen LogP contribution in [0, 0.1) is 12.3 Å². The molecule has 0 N–H and O–H groups in total. The van der Waals surface area contributed by atoms with Gasteiger partial charge in [-0.25, -0.2) is 9.79 Å². The van der Waals surface area contributed by atoms with Gasteiger partial charge in [0.05, 0.1) is 35.6 Å². The lowest BCUT2D eigenvalue weighted by Gasteiger charge is -2.24. The predicted molar refractivity (Wildman–Crippen MR) is 140 cm³/mol. The molecule has 2 aromatic carbocycles. The first-order chi connectivity index (χ1) is 18.4. The highest BCUT2D eigenvalue weighted by atomic mass is 32.1. The second-order valence-electron chi connectivity index (χ2n) is 8.32. The van der Waals surface area contributed by atoms with Crippen molar-refractivity contribution in [2.45, 2.75) is 19.9 Å². The Labute approximate surface area is 222 Å². The Morgan fingerprint density at radius 1 is 1.24 bits per heavy atom. The third-order valence-electron chi connectivity index (χ3n) is 6.03. The summed E-state index contributed by atoms with van der Waals surface area (Å²) in [7, 11) is 1.53. The lowest BCUT2D eigenvalue weighted by Crippen LogP contribution is -2.39. The number of esters is 1. The van der Waals surface area contributed by atoms with Crippen LogP contribution < -0.4 is 33.8 Å². The molecule has 3 aromatic rings. The van der Waals surface area contributed by atoms with Crippen molar-refractivity contribution >= 4 is 23.4 Å². The van der Waals surface area contributed by atoms with E-state index in [1.54, 1.807) is 50.3 Å². The largest absolute Gasteiger partial charge is 0.493 e. The predicted octanol–water partition coefficient (Wildman–Crippen LogP) is 2.55. The normalized spacial score (nSPS) is 15.9. The Kier molecular flexibility index (Phi) is 6.94. The number of allylic oxidation sites excluding steroid dienone is 1. The van der Waals surface area contributed by atoms with Crippen molar-refractivity contribution in [3.63, 3.8) is 0 Å². The van der Waals surface area contributed by atoms with Crippen molar-refractivity contribution in [3.8, 4) is 35.3 Å². The van der Waals surface area contributed by atoms with Crippen molar-refractivity contribution in [2.24, 2.45) is 4.99 Å². The monoisotopic (exact) mass is 532 g/mol.